The zero-order valence-corrected chi connectivity index (χ0v) is 14.2. The fraction of sp³-hybridized carbons (Fsp3) is 0.500. The Morgan fingerprint density at radius 1 is 1.58 bits per heavy atom. The smallest absolute Gasteiger partial charge is 0.320 e. The minimum atomic E-state index is -0.350. The largest absolute Gasteiger partial charge is 0.468 e. The van der Waals surface area contributed by atoms with Gasteiger partial charge in [-0.3, -0.25) is 9.59 Å². The van der Waals surface area contributed by atoms with Crippen LogP contribution in [0.4, 0.5) is 0 Å². The molecule has 0 bridgehead atoms. The van der Waals surface area contributed by atoms with Crippen molar-refractivity contribution in [2.45, 2.75) is 16.1 Å². The van der Waals surface area contributed by atoms with E-state index >= 15 is 0 Å². The van der Waals surface area contributed by atoms with E-state index in [4.69, 9.17) is 0 Å². The molecule has 4 nitrogen and oxygen atoms in total. The molecule has 104 valence electrons. The molecule has 1 aromatic rings. The maximum absolute atomic E-state index is 12.0. The van der Waals surface area contributed by atoms with Crippen LogP contribution in [-0.4, -0.2) is 35.2 Å². The van der Waals surface area contributed by atoms with Crippen molar-refractivity contribution in [3.63, 3.8) is 0 Å². The van der Waals surface area contributed by atoms with Crippen molar-refractivity contribution in [1.29, 1.82) is 0 Å². The van der Waals surface area contributed by atoms with Gasteiger partial charge < -0.3 is 10.1 Å². The lowest BCUT2D eigenvalue weighted by atomic mass is 10.2. The highest BCUT2D eigenvalue weighted by atomic mass is 127. The molecule has 1 unspecified atom stereocenters. The molecule has 0 spiro atoms. The van der Waals surface area contributed by atoms with E-state index in [1.807, 2.05) is 40.4 Å². The van der Waals surface area contributed by atoms with Gasteiger partial charge in [-0.05, 0) is 23.8 Å². The first-order valence-electron chi connectivity index (χ1n) is 5.81. The maximum atomic E-state index is 12.0. The number of rotatable bonds is 4. The van der Waals surface area contributed by atoms with Gasteiger partial charge in [-0.1, -0.05) is 22.6 Å². The van der Waals surface area contributed by atoms with Gasteiger partial charge in [-0.2, -0.15) is 11.8 Å². The lowest BCUT2D eigenvalue weighted by Gasteiger charge is -2.08. The number of hydrogen-bond acceptors (Lipinski definition) is 5. The number of esters is 1. The van der Waals surface area contributed by atoms with E-state index in [0.717, 1.165) is 22.8 Å². The molecule has 1 atom stereocenters. The number of fused-ring (bicyclic) bond motifs is 1. The summed E-state index contributed by atoms with van der Waals surface area (Å²) in [6.45, 7) is 0.295. The average molecular weight is 411 g/mol. The van der Waals surface area contributed by atoms with E-state index in [0.29, 0.717) is 6.54 Å². The molecule has 0 fully saturated rings. The fourth-order valence-electron chi connectivity index (χ4n) is 1.74. The monoisotopic (exact) mass is 411 g/mol. The zero-order valence-electron chi connectivity index (χ0n) is 10.4. The van der Waals surface area contributed by atoms with Gasteiger partial charge in [-0.25, -0.2) is 0 Å². The highest BCUT2D eigenvalue weighted by molar-refractivity contribution is 14.1. The topological polar surface area (TPSA) is 55.4 Å². The summed E-state index contributed by atoms with van der Waals surface area (Å²) in [5.41, 5.74) is 1.28. The first-order valence-corrected chi connectivity index (χ1v) is 9.03. The lowest BCUT2D eigenvalue weighted by molar-refractivity contribution is -0.139. The van der Waals surface area contributed by atoms with Gasteiger partial charge in [0.2, 0.25) is 0 Å². The van der Waals surface area contributed by atoms with Crippen molar-refractivity contribution >= 4 is 57.6 Å². The highest BCUT2D eigenvalue weighted by Gasteiger charge is 2.20. The molecule has 2 rings (SSSR count). The van der Waals surface area contributed by atoms with Crippen molar-refractivity contribution in [2.24, 2.45) is 0 Å². The molecule has 0 saturated carbocycles. The molecular formula is C12H14INO3S2. The standard InChI is InChI=1S/C12H14INO3S2/c1-17-12(16)8(13)5-14-11(15)10-4-7-6-18-3-2-9(7)19-10/h4,8H,2-3,5-6H2,1H3,(H,14,15). The molecular weight excluding hydrogens is 397 g/mol. The van der Waals surface area contributed by atoms with Crippen LogP contribution in [0.15, 0.2) is 6.07 Å². The molecule has 7 heteroatoms. The Labute approximate surface area is 133 Å². The SMILES string of the molecule is COC(=O)C(I)CNC(=O)c1cc2c(s1)CCSC2. The van der Waals surface area contributed by atoms with Crippen LogP contribution in [0.5, 0.6) is 0 Å². The summed E-state index contributed by atoms with van der Waals surface area (Å²) < 4.78 is 4.27. The molecule has 1 aromatic heterocycles. The van der Waals surface area contributed by atoms with Crippen LogP contribution >= 0.6 is 45.7 Å². The third-order valence-corrected chi connectivity index (χ3v) is 5.94. The first-order chi connectivity index (χ1) is 9.11. The van der Waals surface area contributed by atoms with Crippen molar-refractivity contribution in [3.8, 4) is 0 Å². The van der Waals surface area contributed by atoms with Crippen molar-refractivity contribution < 1.29 is 14.3 Å². The van der Waals surface area contributed by atoms with Gasteiger partial charge in [0, 0.05) is 17.2 Å². The van der Waals surface area contributed by atoms with Crippen molar-refractivity contribution in [1.82, 2.24) is 5.32 Å². The highest BCUT2D eigenvalue weighted by Crippen LogP contribution is 2.31. The van der Waals surface area contributed by atoms with Gasteiger partial charge in [-0.15, -0.1) is 11.3 Å². The summed E-state index contributed by atoms with van der Waals surface area (Å²) in [4.78, 5) is 25.3. The number of halogens is 1. The number of ether oxygens (including phenoxy) is 1. The van der Waals surface area contributed by atoms with Crippen LogP contribution < -0.4 is 5.32 Å². The normalized spacial score (nSPS) is 15.5. The van der Waals surface area contributed by atoms with E-state index in [1.165, 1.54) is 17.6 Å². The van der Waals surface area contributed by atoms with Crippen molar-refractivity contribution in [2.75, 3.05) is 19.4 Å². The van der Waals surface area contributed by atoms with E-state index in [1.54, 1.807) is 11.3 Å². The Kier molecular flexibility index (Phi) is 5.52. The van der Waals surface area contributed by atoms with Crippen LogP contribution in [0.3, 0.4) is 0 Å². The lowest BCUT2D eigenvalue weighted by Crippen LogP contribution is -2.33. The number of alkyl halides is 1. The van der Waals surface area contributed by atoms with Gasteiger partial charge in [0.05, 0.1) is 12.0 Å². The second-order valence-corrected chi connectivity index (χ2v) is 7.81. The zero-order chi connectivity index (χ0) is 13.8. The third-order valence-electron chi connectivity index (χ3n) is 2.75. The Hall–Kier alpha value is -0.280. The van der Waals surface area contributed by atoms with Gasteiger partial charge in [0.25, 0.3) is 5.91 Å². The summed E-state index contributed by atoms with van der Waals surface area (Å²) in [5.74, 6) is 1.71. The summed E-state index contributed by atoms with van der Waals surface area (Å²) in [6, 6.07) is 1.97. The molecule has 19 heavy (non-hydrogen) atoms. The molecule has 0 aliphatic carbocycles. The predicted octanol–water partition coefficient (Wildman–Crippen LogP) is 2.24. The Morgan fingerprint density at radius 3 is 3.05 bits per heavy atom. The van der Waals surface area contributed by atoms with Gasteiger partial charge in [0.15, 0.2) is 0 Å². The number of carbonyl (C=O) groups is 2. The second kappa shape index (κ2) is 6.94. The van der Waals surface area contributed by atoms with E-state index in [2.05, 4.69) is 10.1 Å². The Balaban J connectivity index is 1.93. The van der Waals surface area contributed by atoms with E-state index in [-0.39, 0.29) is 15.8 Å². The number of aryl methyl sites for hydroxylation is 1. The van der Waals surface area contributed by atoms with Crippen LogP contribution in [0.2, 0.25) is 0 Å². The minimum Gasteiger partial charge on any atom is -0.468 e. The average Bonchev–Trinajstić information content (AvgIpc) is 2.87. The van der Waals surface area contributed by atoms with E-state index in [9.17, 15) is 9.59 Å². The molecule has 1 aliphatic rings. The van der Waals surface area contributed by atoms with Crippen LogP contribution in [-0.2, 0) is 21.7 Å². The Morgan fingerprint density at radius 2 is 2.37 bits per heavy atom. The van der Waals surface area contributed by atoms with Crippen LogP contribution in [0.25, 0.3) is 0 Å². The fourth-order valence-corrected chi connectivity index (χ4v) is 4.50. The molecule has 0 radical (unpaired) electrons. The molecule has 0 aromatic carbocycles. The molecule has 0 saturated heterocycles. The molecule has 1 aliphatic heterocycles. The van der Waals surface area contributed by atoms with Crippen molar-refractivity contribution in [3.05, 3.63) is 21.4 Å². The Bertz CT molecular complexity index is 466. The predicted molar refractivity (Wildman–Crippen MR) is 86.3 cm³/mol. The summed E-state index contributed by atoms with van der Waals surface area (Å²) in [7, 11) is 1.35. The number of nitrogens with one attached hydrogen (secondary N) is 1. The van der Waals surface area contributed by atoms with Gasteiger partial charge >= 0.3 is 5.97 Å². The second-order valence-electron chi connectivity index (χ2n) is 4.06. The summed E-state index contributed by atoms with van der Waals surface area (Å²) in [5, 5.41) is 2.78. The number of thiophene rings is 1. The maximum Gasteiger partial charge on any atom is 0.320 e. The molecule has 2 heterocycles. The van der Waals surface area contributed by atoms with Gasteiger partial charge in [0.1, 0.15) is 3.92 Å². The molecule has 1 amide bonds. The number of methoxy groups -OCH3 is 1. The van der Waals surface area contributed by atoms with E-state index < -0.39 is 0 Å². The quantitative estimate of drug-likeness (QED) is 0.469. The summed E-state index contributed by atoms with van der Waals surface area (Å²) >= 11 is 5.43. The first kappa shape index (κ1) is 15.1. The summed E-state index contributed by atoms with van der Waals surface area (Å²) in [6.07, 6.45) is 1.05. The third kappa shape index (κ3) is 3.85. The molecule has 1 N–H and O–H groups in total. The number of hydrogen-bond donors (Lipinski definition) is 1. The number of amides is 1. The van der Waals surface area contributed by atoms with Crippen LogP contribution in [0.1, 0.15) is 20.1 Å². The van der Waals surface area contributed by atoms with Crippen LogP contribution in [0, 0.1) is 0 Å². The minimum absolute atomic E-state index is 0.102. The number of carbonyl (C=O) groups excluding carboxylic acids is 2. The number of thioether (sulfide) groups is 1.